The molecule has 0 unspecified atom stereocenters. The molecule has 4 heterocycles. The van der Waals surface area contributed by atoms with Crippen molar-refractivity contribution >= 4 is 60.6 Å². The second-order valence-corrected chi connectivity index (χ2v) is 9.94. The molecule has 1 aliphatic heterocycles. The van der Waals surface area contributed by atoms with E-state index in [0.717, 1.165) is 42.5 Å². The summed E-state index contributed by atoms with van der Waals surface area (Å²) >= 11 is 2.78. The Hall–Kier alpha value is -4.15. The monoisotopic (exact) mass is 515 g/mol. The van der Waals surface area contributed by atoms with Gasteiger partial charge in [0.1, 0.15) is 24.2 Å². The summed E-state index contributed by atoms with van der Waals surface area (Å²) in [4.78, 5) is 11.9. The molecule has 7 rings (SSSR count). The standard InChI is InChI=1S/C26H17N3O5S2/c30-26(31)34-25-22(15-6-8-19-20(12-15)33-10-9-32-19)24-23(16-3-1-2-4-21(16)35-24)29(25)13-14-5-7-17-18(11-14)28-36-27-17/h1-8,11-12H,9-10,13H2,(H,30,31). The molecule has 1 N–H and O–H groups in total. The van der Waals surface area contributed by atoms with Crippen LogP contribution in [-0.4, -0.2) is 37.8 Å². The molecule has 3 aromatic carbocycles. The quantitative estimate of drug-likeness (QED) is 0.271. The summed E-state index contributed by atoms with van der Waals surface area (Å²) in [5, 5.41) is 10.8. The Morgan fingerprint density at radius 1 is 1.00 bits per heavy atom. The van der Waals surface area contributed by atoms with Crippen LogP contribution in [0.15, 0.2) is 60.7 Å². The second-order valence-electron chi connectivity index (χ2n) is 8.36. The van der Waals surface area contributed by atoms with Crippen molar-refractivity contribution in [3.8, 4) is 28.5 Å². The lowest BCUT2D eigenvalue weighted by Gasteiger charge is -2.19. The predicted molar refractivity (Wildman–Crippen MR) is 139 cm³/mol. The fraction of sp³-hybridized carbons (Fsp3) is 0.115. The van der Waals surface area contributed by atoms with E-state index < -0.39 is 6.16 Å². The van der Waals surface area contributed by atoms with E-state index in [1.54, 1.807) is 11.3 Å². The smallest absolute Gasteiger partial charge is 0.486 e. The number of fused-ring (bicyclic) bond motifs is 5. The lowest BCUT2D eigenvalue weighted by molar-refractivity contribution is 0.141. The maximum absolute atomic E-state index is 11.9. The van der Waals surface area contributed by atoms with Crippen LogP contribution < -0.4 is 14.2 Å². The van der Waals surface area contributed by atoms with Gasteiger partial charge in [-0.15, -0.1) is 11.3 Å². The van der Waals surface area contributed by atoms with Crippen molar-refractivity contribution in [3.63, 3.8) is 0 Å². The first-order chi connectivity index (χ1) is 17.7. The van der Waals surface area contributed by atoms with Crippen LogP contribution in [0.4, 0.5) is 4.79 Å². The van der Waals surface area contributed by atoms with Gasteiger partial charge in [-0.25, -0.2) is 4.79 Å². The minimum atomic E-state index is -1.37. The van der Waals surface area contributed by atoms with Crippen LogP contribution in [0, 0.1) is 0 Å². The minimum absolute atomic E-state index is 0.266. The Morgan fingerprint density at radius 3 is 2.72 bits per heavy atom. The van der Waals surface area contributed by atoms with E-state index in [0.29, 0.717) is 36.8 Å². The maximum Gasteiger partial charge on any atom is 0.512 e. The number of ether oxygens (including phenoxy) is 3. The zero-order valence-corrected chi connectivity index (χ0v) is 20.3. The van der Waals surface area contributed by atoms with Gasteiger partial charge in [-0.2, -0.15) is 8.75 Å². The summed E-state index contributed by atoms with van der Waals surface area (Å²) < 4.78 is 29.6. The first-order valence-corrected chi connectivity index (χ1v) is 12.8. The molecule has 8 nitrogen and oxygen atoms in total. The zero-order valence-electron chi connectivity index (χ0n) is 18.6. The zero-order chi connectivity index (χ0) is 24.2. The number of carbonyl (C=O) groups is 1. The van der Waals surface area contributed by atoms with Crippen LogP contribution in [0.2, 0.25) is 0 Å². The molecule has 0 aliphatic carbocycles. The van der Waals surface area contributed by atoms with Gasteiger partial charge in [0.25, 0.3) is 0 Å². The highest BCUT2D eigenvalue weighted by Crippen LogP contribution is 2.49. The molecule has 3 aromatic heterocycles. The predicted octanol–water partition coefficient (Wildman–Crippen LogP) is 6.40. The van der Waals surface area contributed by atoms with Gasteiger partial charge >= 0.3 is 6.16 Å². The normalized spacial score (nSPS) is 13.0. The van der Waals surface area contributed by atoms with E-state index in [-0.39, 0.29) is 5.88 Å². The molecule has 0 saturated heterocycles. The number of hydrogen-bond donors (Lipinski definition) is 1. The molecule has 10 heteroatoms. The highest BCUT2D eigenvalue weighted by Gasteiger charge is 2.27. The topological polar surface area (TPSA) is 95.7 Å². The summed E-state index contributed by atoms with van der Waals surface area (Å²) in [6.45, 7) is 1.36. The summed E-state index contributed by atoms with van der Waals surface area (Å²) in [7, 11) is 0. The van der Waals surface area contributed by atoms with Crippen LogP contribution in [0.5, 0.6) is 17.4 Å². The van der Waals surface area contributed by atoms with Crippen LogP contribution in [-0.2, 0) is 6.54 Å². The molecule has 178 valence electrons. The van der Waals surface area contributed by atoms with Crippen molar-refractivity contribution in [2.75, 3.05) is 13.2 Å². The lowest BCUT2D eigenvalue weighted by Crippen LogP contribution is -2.15. The van der Waals surface area contributed by atoms with Crippen LogP contribution in [0.3, 0.4) is 0 Å². The Bertz CT molecular complexity index is 1800. The van der Waals surface area contributed by atoms with E-state index in [1.165, 1.54) is 11.7 Å². The van der Waals surface area contributed by atoms with Gasteiger partial charge in [-0.05, 0) is 41.5 Å². The number of thiophene rings is 1. The summed E-state index contributed by atoms with van der Waals surface area (Å²) in [6.07, 6.45) is -1.37. The van der Waals surface area contributed by atoms with Crippen molar-refractivity contribution in [1.82, 2.24) is 13.3 Å². The number of carboxylic acid groups (broad SMARTS) is 1. The van der Waals surface area contributed by atoms with E-state index in [2.05, 4.69) is 20.9 Å². The van der Waals surface area contributed by atoms with Crippen molar-refractivity contribution in [3.05, 3.63) is 66.2 Å². The fourth-order valence-corrected chi connectivity index (χ4v) is 6.49. The SMILES string of the molecule is O=C(O)Oc1c(-c2ccc3c(c2)OCCO3)c2sc3ccccc3c2n1Cc1ccc2nsnc2c1. The molecule has 0 spiro atoms. The van der Waals surface area contributed by atoms with Gasteiger partial charge in [0, 0.05) is 10.1 Å². The Balaban J connectivity index is 1.50. The molecular formula is C26H17N3O5S2. The van der Waals surface area contributed by atoms with E-state index in [1.807, 2.05) is 53.1 Å². The minimum Gasteiger partial charge on any atom is -0.486 e. The van der Waals surface area contributed by atoms with E-state index in [4.69, 9.17) is 14.2 Å². The van der Waals surface area contributed by atoms with Crippen LogP contribution in [0.25, 0.3) is 42.5 Å². The largest absolute Gasteiger partial charge is 0.512 e. The molecule has 0 radical (unpaired) electrons. The van der Waals surface area contributed by atoms with Gasteiger partial charge in [-0.1, -0.05) is 30.3 Å². The molecule has 1 aliphatic rings. The molecule has 0 saturated carbocycles. The summed E-state index contributed by atoms with van der Waals surface area (Å²) in [5.41, 5.74) is 5.04. The number of aromatic nitrogens is 3. The molecule has 36 heavy (non-hydrogen) atoms. The third-order valence-electron chi connectivity index (χ3n) is 6.20. The number of benzene rings is 3. The molecule has 0 fully saturated rings. The third kappa shape index (κ3) is 3.37. The fourth-order valence-electron chi connectivity index (χ4n) is 4.70. The van der Waals surface area contributed by atoms with Gasteiger partial charge < -0.3 is 23.9 Å². The third-order valence-corrected chi connectivity index (χ3v) is 7.93. The van der Waals surface area contributed by atoms with Crippen molar-refractivity contribution < 1.29 is 24.1 Å². The Morgan fingerprint density at radius 2 is 1.83 bits per heavy atom. The molecular weight excluding hydrogens is 498 g/mol. The Labute approximate surface area is 212 Å². The molecule has 0 amide bonds. The molecule has 0 bridgehead atoms. The van der Waals surface area contributed by atoms with Crippen LogP contribution >= 0.6 is 23.1 Å². The number of nitrogens with zero attached hydrogens (tertiary/aromatic N) is 3. The van der Waals surface area contributed by atoms with Crippen molar-refractivity contribution in [2.45, 2.75) is 6.54 Å². The van der Waals surface area contributed by atoms with Gasteiger partial charge in [0.15, 0.2) is 11.5 Å². The van der Waals surface area contributed by atoms with Gasteiger partial charge in [0.2, 0.25) is 5.88 Å². The van der Waals surface area contributed by atoms with Crippen LogP contribution in [0.1, 0.15) is 5.56 Å². The first kappa shape index (κ1) is 21.2. The summed E-state index contributed by atoms with van der Waals surface area (Å²) in [5.74, 6) is 1.56. The second kappa shape index (κ2) is 8.21. The van der Waals surface area contributed by atoms with E-state index in [9.17, 15) is 9.90 Å². The Kier molecular flexibility index (Phi) is 4.83. The van der Waals surface area contributed by atoms with Crippen molar-refractivity contribution in [2.24, 2.45) is 0 Å². The van der Waals surface area contributed by atoms with E-state index >= 15 is 0 Å². The number of hydrogen-bond acceptors (Lipinski definition) is 8. The first-order valence-electron chi connectivity index (χ1n) is 11.2. The maximum atomic E-state index is 11.9. The highest BCUT2D eigenvalue weighted by atomic mass is 32.1. The summed E-state index contributed by atoms with van der Waals surface area (Å²) in [6, 6.07) is 19.7. The van der Waals surface area contributed by atoms with Crippen molar-refractivity contribution in [1.29, 1.82) is 0 Å². The lowest BCUT2D eigenvalue weighted by atomic mass is 10.1. The molecule has 6 aromatic rings. The van der Waals surface area contributed by atoms with Gasteiger partial charge in [0.05, 0.1) is 34.1 Å². The average Bonchev–Trinajstić information content (AvgIpc) is 3.57. The highest BCUT2D eigenvalue weighted by molar-refractivity contribution is 7.26. The molecule has 0 atom stereocenters. The average molecular weight is 516 g/mol. The van der Waals surface area contributed by atoms with Gasteiger partial charge in [-0.3, -0.25) is 0 Å². The number of rotatable bonds is 4.